The van der Waals surface area contributed by atoms with E-state index in [1.807, 2.05) is 13.8 Å². The van der Waals surface area contributed by atoms with Crippen LogP contribution in [0.25, 0.3) is 0 Å². The van der Waals surface area contributed by atoms with Gasteiger partial charge in [-0.2, -0.15) is 0 Å². The predicted molar refractivity (Wildman–Crippen MR) is 163 cm³/mol. The van der Waals surface area contributed by atoms with Gasteiger partial charge in [0.05, 0.1) is 17.7 Å². The molecule has 220 valence electrons. The Labute approximate surface area is 256 Å². The molecule has 3 aromatic carbocycles. The summed E-state index contributed by atoms with van der Waals surface area (Å²) in [6.45, 7) is 5.12. The fourth-order valence-electron chi connectivity index (χ4n) is 3.92. The van der Waals surface area contributed by atoms with E-state index in [-0.39, 0.29) is 28.1 Å². The van der Waals surface area contributed by atoms with Crippen LogP contribution in [-0.4, -0.2) is 51.4 Å². The van der Waals surface area contributed by atoms with E-state index in [1.165, 1.54) is 48.4 Å². The topological polar surface area (TPSA) is 96.0 Å². The van der Waals surface area contributed by atoms with Crippen LogP contribution in [0.3, 0.4) is 0 Å². The van der Waals surface area contributed by atoms with Crippen LogP contribution in [0, 0.1) is 5.92 Å². The first-order valence-corrected chi connectivity index (χ1v) is 15.3. The third-order valence-corrected chi connectivity index (χ3v) is 9.00. The Bertz CT molecular complexity index is 1460. The molecule has 0 aromatic heterocycles. The predicted octanol–water partition coefficient (Wildman–Crippen LogP) is 6.04. The average molecular weight is 641 g/mol. The summed E-state index contributed by atoms with van der Waals surface area (Å²) in [5.74, 6) is -0.396. The normalized spacial score (nSPS) is 12.1. The number of sulfonamides is 1. The molecule has 0 aliphatic carbocycles. The summed E-state index contributed by atoms with van der Waals surface area (Å²) in [7, 11) is -2.79. The summed E-state index contributed by atoms with van der Waals surface area (Å²) in [5.41, 5.74) is 0.606. The number of hydrogen-bond acceptors (Lipinski definition) is 5. The Morgan fingerprint density at radius 2 is 1.54 bits per heavy atom. The minimum atomic E-state index is -4.26. The van der Waals surface area contributed by atoms with Gasteiger partial charge in [0.25, 0.3) is 10.0 Å². The molecule has 8 nitrogen and oxygen atoms in total. The highest BCUT2D eigenvalue weighted by atomic mass is 35.5. The maximum Gasteiger partial charge on any atom is 0.264 e. The number of carbonyl (C=O) groups excluding carboxylic acids is 2. The van der Waals surface area contributed by atoms with Gasteiger partial charge in [-0.1, -0.05) is 60.8 Å². The number of anilines is 1. The monoisotopic (exact) mass is 639 g/mol. The average Bonchev–Trinajstić information content (AvgIpc) is 2.93. The van der Waals surface area contributed by atoms with E-state index in [0.717, 1.165) is 4.31 Å². The van der Waals surface area contributed by atoms with Crippen LogP contribution in [0.2, 0.25) is 15.1 Å². The zero-order chi connectivity index (χ0) is 30.3. The summed E-state index contributed by atoms with van der Waals surface area (Å²) >= 11 is 19.0. The number of methoxy groups -OCH3 is 1. The molecule has 0 aliphatic heterocycles. The summed E-state index contributed by atoms with van der Waals surface area (Å²) in [6, 6.07) is 15.9. The zero-order valence-electron chi connectivity index (χ0n) is 23.1. The molecule has 3 rings (SSSR count). The molecule has 0 aliphatic rings. The van der Waals surface area contributed by atoms with Crippen LogP contribution in [0.15, 0.2) is 71.6 Å². The Hall–Kier alpha value is -2.98. The summed E-state index contributed by atoms with van der Waals surface area (Å²) in [4.78, 5) is 28.3. The summed E-state index contributed by atoms with van der Waals surface area (Å²) in [5, 5.41) is 3.73. The van der Waals surface area contributed by atoms with Crippen LogP contribution >= 0.6 is 34.8 Å². The van der Waals surface area contributed by atoms with E-state index >= 15 is 0 Å². The molecular weight excluding hydrogens is 609 g/mol. The SMILES string of the molecule is COc1ccc(S(=O)(=O)N(CC(=O)N(Cc2c(Cl)cccc2Cl)[C@H](C)C(=O)NCC(C)C)c2cccc(Cl)c2)cc1. The van der Waals surface area contributed by atoms with Gasteiger partial charge in [-0.05, 0) is 67.4 Å². The molecule has 12 heteroatoms. The summed E-state index contributed by atoms with van der Waals surface area (Å²) < 4.78 is 33.9. The van der Waals surface area contributed by atoms with Crippen molar-refractivity contribution in [2.75, 3.05) is 24.5 Å². The van der Waals surface area contributed by atoms with Crippen molar-refractivity contribution in [1.82, 2.24) is 10.2 Å². The van der Waals surface area contributed by atoms with Gasteiger partial charge in [-0.3, -0.25) is 13.9 Å². The molecule has 3 aromatic rings. The lowest BCUT2D eigenvalue weighted by Gasteiger charge is -2.32. The lowest BCUT2D eigenvalue weighted by molar-refractivity contribution is -0.139. The lowest BCUT2D eigenvalue weighted by Crippen LogP contribution is -2.51. The van der Waals surface area contributed by atoms with Gasteiger partial charge in [0.2, 0.25) is 11.8 Å². The summed E-state index contributed by atoms with van der Waals surface area (Å²) in [6.07, 6.45) is 0. The fraction of sp³-hybridized carbons (Fsp3) is 0.310. The molecule has 0 saturated carbocycles. The second-order valence-electron chi connectivity index (χ2n) is 9.70. The van der Waals surface area contributed by atoms with Crippen LogP contribution in [0.4, 0.5) is 5.69 Å². The number of nitrogens with zero attached hydrogens (tertiary/aromatic N) is 2. The Morgan fingerprint density at radius 1 is 0.927 bits per heavy atom. The van der Waals surface area contributed by atoms with Gasteiger partial charge in [0, 0.05) is 33.7 Å². The van der Waals surface area contributed by atoms with Crippen molar-refractivity contribution >= 4 is 62.3 Å². The van der Waals surface area contributed by atoms with Crippen molar-refractivity contribution in [3.8, 4) is 5.75 Å². The van der Waals surface area contributed by atoms with Crippen molar-refractivity contribution in [2.24, 2.45) is 5.92 Å². The molecule has 0 heterocycles. The molecule has 0 bridgehead atoms. The van der Waals surface area contributed by atoms with E-state index in [2.05, 4.69) is 5.32 Å². The number of amides is 2. The van der Waals surface area contributed by atoms with E-state index in [0.29, 0.717) is 27.9 Å². The van der Waals surface area contributed by atoms with Crippen molar-refractivity contribution in [1.29, 1.82) is 0 Å². The number of nitrogens with one attached hydrogen (secondary N) is 1. The quantitative estimate of drug-likeness (QED) is 0.261. The molecule has 0 radical (unpaired) electrons. The third kappa shape index (κ3) is 8.29. The van der Waals surface area contributed by atoms with Crippen molar-refractivity contribution in [3.63, 3.8) is 0 Å². The number of rotatable bonds is 12. The molecule has 0 spiro atoms. The number of ether oxygens (including phenoxy) is 1. The Kier molecular flexibility index (Phi) is 11.3. The van der Waals surface area contributed by atoms with Gasteiger partial charge >= 0.3 is 0 Å². The van der Waals surface area contributed by atoms with Crippen LogP contribution < -0.4 is 14.4 Å². The van der Waals surface area contributed by atoms with Gasteiger partial charge in [-0.15, -0.1) is 0 Å². The van der Waals surface area contributed by atoms with E-state index in [9.17, 15) is 18.0 Å². The molecule has 2 amide bonds. The number of benzene rings is 3. The van der Waals surface area contributed by atoms with Crippen LogP contribution in [-0.2, 0) is 26.2 Å². The minimum Gasteiger partial charge on any atom is -0.497 e. The highest BCUT2D eigenvalue weighted by Gasteiger charge is 2.33. The number of carbonyl (C=O) groups is 2. The van der Waals surface area contributed by atoms with Crippen LogP contribution in [0.5, 0.6) is 5.75 Å². The molecule has 41 heavy (non-hydrogen) atoms. The van der Waals surface area contributed by atoms with E-state index in [4.69, 9.17) is 39.5 Å². The van der Waals surface area contributed by atoms with Crippen LogP contribution in [0.1, 0.15) is 26.3 Å². The third-order valence-electron chi connectivity index (χ3n) is 6.26. The standard InChI is InChI=1S/C29H32Cl3N3O5S/c1-19(2)16-33-29(37)20(3)34(17-25-26(31)9-6-10-27(25)32)28(36)18-35(22-8-5-7-21(30)15-22)41(38,39)24-13-11-23(40-4)12-14-24/h5-15,19-20H,16-18H2,1-4H3,(H,33,37)/t20-/m1/s1. The molecule has 0 unspecified atom stereocenters. The first-order valence-electron chi connectivity index (χ1n) is 12.8. The number of halogens is 3. The zero-order valence-corrected chi connectivity index (χ0v) is 26.2. The largest absolute Gasteiger partial charge is 0.497 e. The molecule has 0 saturated heterocycles. The van der Waals surface area contributed by atoms with Gasteiger partial charge in [0.1, 0.15) is 18.3 Å². The van der Waals surface area contributed by atoms with Gasteiger partial charge in [0.15, 0.2) is 0 Å². The highest BCUT2D eigenvalue weighted by Crippen LogP contribution is 2.29. The lowest BCUT2D eigenvalue weighted by atomic mass is 10.1. The Morgan fingerprint density at radius 3 is 2.10 bits per heavy atom. The highest BCUT2D eigenvalue weighted by molar-refractivity contribution is 7.92. The maximum atomic E-state index is 14.0. The molecular formula is C29H32Cl3N3O5S. The van der Waals surface area contributed by atoms with Crippen molar-refractivity contribution < 1.29 is 22.7 Å². The molecule has 1 N–H and O–H groups in total. The number of hydrogen-bond donors (Lipinski definition) is 1. The molecule has 0 fully saturated rings. The maximum absolute atomic E-state index is 14.0. The smallest absolute Gasteiger partial charge is 0.264 e. The first-order chi connectivity index (χ1) is 19.3. The van der Waals surface area contributed by atoms with E-state index < -0.39 is 34.4 Å². The molecule has 1 atom stereocenters. The Balaban J connectivity index is 2.05. The van der Waals surface area contributed by atoms with Crippen molar-refractivity contribution in [2.45, 2.75) is 38.3 Å². The minimum absolute atomic E-state index is 0.0606. The second-order valence-corrected chi connectivity index (χ2v) is 12.8. The first kappa shape index (κ1) is 32.5. The van der Waals surface area contributed by atoms with Crippen molar-refractivity contribution in [3.05, 3.63) is 87.4 Å². The fourth-order valence-corrected chi connectivity index (χ4v) is 6.03. The van der Waals surface area contributed by atoms with E-state index in [1.54, 1.807) is 37.3 Å². The van der Waals surface area contributed by atoms with Gasteiger partial charge in [-0.25, -0.2) is 8.42 Å². The second kappa shape index (κ2) is 14.3. The van der Waals surface area contributed by atoms with Gasteiger partial charge < -0.3 is 15.0 Å².